The summed E-state index contributed by atoms with van der Waals surface area (Å²) in [6.07, 6.45) is 4.76. The van der Waals surface area contributed by atoms with Crippen molar-refractivity contribution in [1.29, 1.82) is 0 Å². The van der Waals surface area contributed by atoms with Crippen molar-refractivity contribution in [2.45, 2.75) is 39.5 Å². The summed E-state index contributed by atoms with van der Waals surface area (Å²) in [5.41, 5.74) is 0. The van der Waals surface area contributed by atoms with Gasteiger partial charge in [0, 0.05) is 27.4 Å². The largest absolute Gasteiger partial charge is 0.402 e. The molecule has 0 aromatic rings. The third-order valence-electron chi connectivity index (χ3n) is 1.69. The second kappa shape index (κ2) is 20.7. The highest BCUT2D eigenvalue weighted by molar-refractivity contribution is 6.18. The molecule has 0 bridgehead atoms. The van der Waals surface area contributed by atoms with E-state index in [2.05, 4.69) is 22.7 Å². The first-order chi connectivity index (χ1) is 7.83. The minimum atomic E-state index is -0.629. The van der Waals surface area contributed by atoms with Gasteiger partial charge in [-0.1, -0.05) is 26.7 Å². The number of hydrogen-bond acceptors (Lipinski definition) is 4. The van der Waals surface area contributed by atoms with Gasteiger partial charge in [0.1, 0.15) is 0 Å². The maximum atomic E-state index is 5.34. The zero-order valence-corrected chi connectivity index (χ0v) is 14.1. The summed E-state index contributed by atoms with van der Waals surface area (Å²) < 4.78 is 19.9. The number of hydrogen-bond donors (Lipinski definition) is 0. The molecule has 6 heteroatoms. The van der Waals surface area contributed by atoms with Crippen LogP contribution >= 0.6 is 0 Å². The summed E-state index contributed by atoms with van der Waals surface area (Å²) in [5.74, 6) is 0. The van der Waals surface area contributed by atoms with Crippen LogP contribution in [0.25, 0.3) is 0 Å². The Bertz CT molecular complexity index is 96.8. The van der Waals surface area contributed by atoms with E-state index in [4.69, 9.17) is 8.85 Å². The average molecular weight is 269 g/mol. The summed E-state index contributed by atoms with van der Waals surface area (Å²) in [6.45, 7) is 6.13. The Labute approximate surface area is 105 Å². The Morgan fingerprint density at radius 3 is 1.44 bits per heavy atom. The molecule has 0 aromatic heterocycles. The lowest BCUT2D eigenvalue weighted by atomic mass is 10.4. The topological polar surface area (TPSA) is 36.9 Å². The summed E-state index contributed by atoms with van der Waals surface area (Å²) in [7, 11) is 2.10. The van der Waals surface area contributed by atoms with E-state index in [0.29, 0.717) is 0 Å². The van der Waals surface area contributed by atoms with Gasteiger partial charge in [0.2, 0.25) is 0 Å². The van der Waals surface area contributed by atoms with Crippen LogP contribution in [0.2, 0.25) is 0 Å². The van der Waals surface area contributed by atoms with Crippen LogP contribution in [0.5, 0.6) is 0 Å². The molecule has 16 heavy (non-hydrogen) atoms. The van der Waals surface area contributed by atoms with Crippen LogP contribution < -0.4 is 0 Å². The van der Waals surface area contributed by atoms with Crippen molar-refractivity contribution in [2.24, 2.45) is 0 Å². The van der Waals surface area contributed by atoms with Crippen molar-refractivity contribution in [3.05, 3.63) is 0 Å². The second-order valence-corrected chi connectivity index (χ2v) is 5.78. The smallest absolute Gasteiger partial charge is 0.304 e. The third-order valence-corrected chi connectivity index (χ3v) is 3.07. The molecule has 0 aliphatic heterocycles. The summed E-state index contributed by atoms with van der Waals surface area (Å²) in [4.78, 5) is 0. The lowest BCUT2D eigenvalue weighted by Crippen LogP contribution is -2.06. The first-order valence-electron chi connectivity index (χ1n) is 5.96. The Hall–Kier alpha value is 0.274. The van der Waals surface area contributed by atoms with Gasteiger partial charge in [-0.25, -0.2) is 0 Å². The maximum absolute atomic E-state index is 5.34. The molecule has 4 nitrogen and oxygen atoms in total. The number of unbranched alkanes of at least 4 members (excludes halogenated alkanes) is 2. The SMILES string of the molecule is CCCCO[SiH2]OCCCC.CO[SiH2]OC. The molecule has 0 saturated carbocycles. The van der Waals surface area contributed by atoms with Gasteiger partial charge in [-0.3, -0.25) is 0 Å². The molecule has 0 aliphatic rings. The molecule has 0 heterocycles. The fourth-order valence-electron chi connectivity index (χ4n) is 0.787. The maximum Gasteiger partial charge on any atom is 0.304 e. The van der Waals surface area contributed by atoms with E-state index < -0.39 is 20.0 Å². The molecule has 0 aromatic carbocycles. The number of rotatable bonds is 10. The Morgan fingerprint density at radius 2 is 1.19 bits per heavy atom. The minimum absolute atomic E-state index is 0.568. The molecule has 0 rings (SSSR count). The van der Waals surface area contributed by atoms with Gasteiger partial charge in [0.05, 0.1) is 0 Å². The average Bonchev–Trinajstić information content (AvgIpc) is 2.30. The van der Waals surface area contributed by atoms with Crippen molar-refractivity contribution in [1.82, 2.24) is 0 Å². The molecule has 0 aliphatic carbocycles. The van der Waals surface area contributed by atoms with E-state index in [1.807, 2.05) is 0 Å². The van der Waals surface area contributed by atoms with Crippen LogP contribution in [-0.2, 0) is 17.7 Å². The molecule has 0 spiro atoms. The van der Waals surface area contributed by atoms with Crippen molar-refractivity contribution in [3.8, 4) is 0 Å². The van der Waals surface area contributed by atoms with Crippen LogP contribution in [0.3, 0.4) is 0 Å². The van der Waals surface area contributed by atoms with E-state index in [1.54, 1.807) is 14.2 Å². The zero-order valence-electron chi connectivity index (χ0n) is 11.3. The Morgan fingerprint density at radius 1 is 0.750 bits per heavy atom. The Kier molecular flexibility index (Phi) is 24.1. The first kappa shape index (κ1) is 18.6. The van der Waals surface area contributed by atoms with Gasteiger partial charge in [0.15, 0.2) is 0 Å². The van der Waals surface area contributed by atoms with Crippen LogP contribution in [0, 0.1) is 0 Å². The molecule has 100 valence electrons. The molecule has 0 atom stereocenters. The van der Waals surface area contributed by atoms with E-state index in [1.165, 1.54) is 25.7 Å². The van der Waals surface area contributed by atoms with Gasteiger partial charge in [-0.2, -0.15) is 0 Å². The third kappa shape index (κ3) is 23.8. The molecule has 0 N–H and O–H groups in total. The first-order valence-corrected chi connectivity index (χ1v) is 8.27. The summed E-state index contributed by atoms with van der Waals surface area (Å²) >= 11 is 0. The van der Waals surface area contributed by atoms with E-state index in [0.717, 1.165) is 13.2 Å². The van der Waals surface area contributed by atoms with Crippen molar-refractivity contribution in [2.75, 3.05) is 27.4 Å². The van der Waals surface area contributed by atoms with Crippen molar-refractivity contribution in [3.63, 3.8) is 0 Å². The summed E-state index contributed by atoms with van der Waals surface area (Å²) in [5, 5.41) is 0. The van der Waals surface area contributed by atoms with E-state index in [9.17, 15) is 0 Å². The molecule has 0 radical (unpaired) electrons. The molecular formula is C10H28O4Si2. The van der Waals surface area contributed by atoms with E-state index in [-0.39, 0.29) is 0 Å². The predicted molar refractivity (Wildman–Crippen MR) is 72.8 cm³/mol. The molecule has 0 unspecified atom stereocenters. The van der Waals surface area contributed by atoms with E-state index >= 15 is 0 Å². The standard InChI is InChI=1S/C8H20O2Si.C2H8O2Si/c1-3-5-7-9-11-10-8-6-4-2;1-3-5-4-2/h3-8,11H2,1-2H3;5H2,1-2H3. The molecular weight excluding hydrogens is 240 g/mol. The fraction of sp³-hybridized carbons (Fsp3) is 1.00. The van der Waals surface area contributed by atoms with Crippen molar-refractivity contribution >= 4 is 20.0 Å². The van der Waals surface area contributed by atoms with Gasteiger partial charge >= 0.3 is 20.0 Å². The highest BCUT2D eigenvalue weighted by Gasteiger charge is 1.88. The Balaban J connectivity index is 0. The quantitative estimate of drug-likeness (QED) is 0.436. The van der Waals surface area contributed by atoms with Crippen LogP contribution in [-0.4, -0.2) is 47.4 Å². The molecule has 0 saturated heterocycles. The van der Waals surface area contributed by atoms with Crippen molar-refractivity contribution < 1.29 is 17.7 Å². The van der Waals surface area contributed by atoms with Gasteiger partial charge < -0.3 is 17.7 Å². The minimum Gasteiger partial charge on any atom is -0.402 e. The van der Waals surface area contributed by atoms with Gasteiger partial charge in [-0.15, -0.1) is 0 Å². The lowest BCUT2D eigenvalue weighted by molar-refractivity contribution is 0.216. The second-order valence-electron chi connectivity index (χ2n) is 3.34. The molecule has 0 fully saturated rings. The fourth-order valence-corrected chi connectivity index (χ4v) is 1.78. The van der Waals surface area contributed by atoms with Crippen LogP contribution in [0.15, 0.2) is 0 Å². The van der Waals surface area contributed by atoms with Crippen LogP contribution in [0.1, 0.15) is 39.5 Å². The van der Waals surface area contributed by atoms with Crippen LogP contribution in [0.4, 0.5) is 0 Å². The monoisotopic (exact) mass is 268 g/mol. The highest BCUT2D eigenvalue weighted by Crippen LogP contribution is 1.89. The molecule has 0 amide bonds. The zero-order chi connectivity index (χ0) is 12.5. The van der Waals surface area contributed by atoms with Gasteiger partial charge in [0.25, 0.3) is 0 Å². The summed E-state index contributed by atoms with van der Waals surface area (Å²) in [6, 6.07) is 0. The normalized spacial score (nSPS) is 9.75. The lowest BCUT2D eigenvalue weighted by Gasteiger charge is -2.03. The predicted octanol–water partition coefficient (Wildman–Crippen LogP) is 0.897. The van der Waals surface area contributed by atoms with Gasteiger partial charge in [-0.05, 0) is 12.8 Å². The highest BCUT2D eigenvalue weighted by atomic mass is 28.3.